The molecule has 1 fully saturated rings. The van der Waals surface area contributed by atoms with E-state index in [0.29, 0.717) is 6.10 Å². The van der Waals surface area contributed by atoms with Crippen LogP contribution < -0.4 is 0 Å². The fourth-order valence-corrected chi connectivity index (χ4v) is 1.88. The van der Waals surface area contributed by atoms with E-state index in [1.165, 1.54) is 16.4 Å². The van der Waals surface area contributed by atoms with Crippen molar-refractivity contribution >= 4 is 22.6 Å². The molecule has 4 heteroatoms. The SMILES string of the molecule is Ic1cnn(C[C@H]2CCCO2)c1. The van der Waals surface area contributed by atoms with Gasteiger partial charge in [-0.05, 0) is 35.4 Å². The summed E-state index contributed by atoms with van der Waals surface area (Å²) < 4.78 is 8.64. The molecule has 0 radical (unpaired) electrons. The van der Waals surface area contributed by atoms with Gasteiger partial charge in [0.15, 0.2) is 0 Å². The Morgan fingerprint density at radius 3 is 3.25 bits per heavy atom. The lowest BCUT2D eigenvalue weighted by molar-refractivity contribution is 0.0940. The van der Waals surface area contributed by atoms with Gasteiger partial charge in [0, 0.05) is 12.8 Å². The highest BCUT2D eigenvalue weighted by Crippen LogP contribution is 2.14. The topological polar surface area (TPSA) is 27.1 Å². The molecule has 1 aromatic rings. The minimum Gasteiger partial charge on any atom is -0.376 e. The van der Waals surface area contributed by atoms with E-state index in [0.717, 1.165) is 13.2 Å². The summed E-state index contributed by atoms with van der Waals surface area (Å²) in [4.78, 5) is 0. The molecular weight excluding hydrogens is 267 g/mol. The number of nitrogens with zero attached hydrogens (tertiary/aromatic N) is 2. The quantitative estimate of drug-likeness (QED) is 0.769. The smallest absolute Gasteiger partial charge is 0.0771 e. The van der Waals surface area contributed by atoms with Crippen LogP contribution in [0.25, 0.3) is 0 Å². The van der Waals surface area contributed by atoms with Gasteiger partial charge in [-0.1, -0.05) is 0 Å². The monoisotopic (exact) mass is 278 g/mol. The molecule has 1 aliphatic rings. The van der Waals surface area contributed by atoms with Crippen molar-refractivity contribution in [3.05, 3.63) is 16.0 Å². The van der Waals surface area contributed by atoms with Crippen molar-refractivity contribution in [3.63, 3.8) is 0 Å². The third kappa shape index (κ3) is 1.98. The van der Waals surface area contributed by atoms with Crippen LogP contribution in [0.15, 0.2) is 12.4 Å². The first kappa shape index (κ1) is 8.50. The Kier molecular flexibility index (Phi) is 2.65. The fourth-order valence-electron chi connectivity index (χ4n) is 1.44. The molecule has 1 aromatic heterocycles. The molecule has 1 atom stereocenters. The molecule has 2 heterocycles. The lowest BCUT2D eigenvalue weighted by atomic mass is 10.2. The van der Waals surface area contributed by atoms with Crippen LogP contribution >= 0.6 is 22.6 Å². The Morgan fingerprint density at radius 1 is 1.75 bits per heavy atom. The van der Waals surface area contributed by atoms with E-state index in [-0.39, 0.29) is 0 Å². The lowest BCUT2D eigenvalue weighted by Crippen LogP contribution is -2.14. The standard InChI is InChI=1S/C8H11IN2O/c9-7-4-10-11(5-7)6-8-2-1-3-12-8/h4-5,8H,1-3,6H2/t8-/m1/s1. The number of halogens is 1. The summed E-state index contributed by atoms with van der Waals surface area (Å²) in [5.74, 6) is 0. The molecule has 0 aliphatic carbocycles. The van der Waals surface area contributed by atoms with Crippen molar-refractivity contribution < 1.29 is 4.74 Å². The summed E-state index contributed by atoms with van der Waals surface area (Å²) >= 11 is 2.26. The number of hydrogen-bond acceptors (Lipinski definition) is 2. The molecule has 0 saturated carbocycles. The fraction of sp³-hybridized carbons (Fsp3) is 0.625. The van der Waals surface area contributed by atoms with Gasteiger partial charge in [0.1, 0.15) is 0 Å². The van der Waals surface area contributed by atoms with E-state index in [2.05, 4.69) is 27.7 Å². The number of aromatic nitrogens is 2. The minimum absolute atomic E-state index is 0.390. The van der Waals surface area contributed by atoms with Gasteiger partial charge in [-0.2, -0.15) is 5.10 Å². The average molecular weight is 278 g/mol. The molecule has 0 aromatic carbocycles. The molecule has 0 bridgehead atoms. The zero-order chi connectivity index (χ0) is 8.39. The van der Waals surface area contributed by atoms with Gasteiger partial charge in [-0.3, -0.25) is 4.68 Å². The Bertz CT molecular complexity index is 255. The zero-order valence-electron chi connectivity index (χ0n) is 6.74. The van der Waals surface area contributed by atoms with Crippen LogP contribution in [0, 0.1) is 3.57 Å². The van der Waals surface area contributed by atoms with Crippen molar-refractivity contribution in [1.82, 2.24) is 9.78 Å². The van der Waals surface area contributed by atoms with Crippen molar-refractivity contribution in [3.8, 4) is 0 Å². The van der Waals surface area contributed by atoms with Gasteiger partial charge in [0.2, 0.25) is 0 Å². The molecule has 0 amide bonds. The molecule has 1 aliphatic heterocycles. The van der Waals surface area contributed by atoms with Gasteiger partial charge in [0.05, 0.1) is 22.4 Å². The number of rotatable bonds is 2. The van der Waals surface area contributed by atoms with Crippen LogP contribution in [0.4, 0.5) is 0 Å². The predicted molar refractivity (Wildman–Crippen MR) is 53.9 cm³/mol. The Hall–Kier alpha value is -0.100. The highest BCUT2D eigenvalue weighted by atomic mass is 127. The van der Waals surface area contributed by atoms with Crippen LogP contribution in [0.5, 0.6) is 0 Å². The van der Waals surface area contributed by atoms with Crippen molar-refractivity contribution in [2.24, 2.45) is 0 Å². The van der Waals surface area contributed by atoms with Gasteiger partial charge in [-0.15, -0.1) is 0 Å². The van der Waals surface area contributed by atoms with Crippen molar-refractivity contribution in [2.45, 2.75) is 25.5 Å². The highest BCUT2D eigenvalue weighted by Gasteiger charge is 2.15. The maximum Gasteiger partial charge on any atom is 0.0771 e. The molecular formula is C8H11IN2O. The molecule has 3 nitrogen and oxygen atoms in total. The van der Waals surface area contributed by atoms with Gasteiger partial charge in [-0.25, -0.2) is 0 Å². The molecule has 0 spiro atoms. The molecule has 2 rings (SSSR count). The Labute approximate surface area is 85.2 Å². The Morgan fingerprint density at radius 2 is 2.67 bits per heavy atom. The van der Waals surface area contributed by atoms with Crippen LogP contribution in [0.1, 0.15) is 12.8 Å². The van der Waals surface area contributed by atoms with Crippen molar-refractivity contribution in [1.29, 1.82) is 0 Å². The van der Waals surface area contributed by atoms with Crippen LogP contribution in [0.3, 0.4) is 0 Å². The molecule has 66 valence electrons. The van der Waals surface area contributed by atoms with E-state index in [1.54, 1.807) is 0 Å². The lowest BCUT2D eigenvalue weighted by Gasteiger charge is -2.08. The van der Waals surface area contributed by atoms with Gasteiger partial charge >= 0.3 is 0 Å². The molecule has 12 heavy (non-hydrogen) atoms. The Balaban J connectivity index is 1.94. The van der Waals surface area contributed by atoms with E-state index in [1.807, 2.05) is 17.1 Å². The first-order valence-electron chi connectivity index (χ1n) is 4.14. The summed E-state index contributed by atoms with van der Waals surface area (Å²) in [6, 6.07) is 0. The second-order valence-corrected chi connectivity index (χ2v) is 4.26. The van der Waals surface area contributed by atoms with Crippen LogP contribution in [-0.4, -0.2) is 22.5 Å². The third-order valence-electron chi connectivity index (χ3n) is 2.02. The maximum atomic E-state index is 5.50. The van der Waals surface area contributed by atoms with E-state index >= 15 is 0 Å². The number of hydrogen-bond donors (Lipinski definition) is 0. The average Bonchev–Trinajstić information content (AvgIpc) is 2.63. The molecule has 1 saturated heterocycles. The van der Waals surface area contributed by atoms with E-state index < -0.39 is 0 Å². The van der Waals surface area contributed by atoms with Gasteiger partial charge in [0.25, 0.3) is 0 Å². The van der Waals surface area contributed by atoms with Crippen LogP contribution in [0.2, 0.25) is 0 Å². The summed E-state index contributed by atoms with van der Waals surface area (Å²) in [7, 11) is 0. The van der Waals surface area contributed by atoms with Crippen molar-refractivity contribution in [2.75, 3.05) is 6.61 Å². The normalized spacial score (nSPS) is 23.2. The largest absolute Gasteiger partial charge is 0.376 e. The maximum absolute atomic E-state index is 5.50. The van der Waals surface area contributed by atoms with Gasteiger partial charge < -0.3 is 4.74 Å². The predicted octanol–water partition coefficient (Wildman–Crippen LogP) is 1.67. The molecule has 0 N–H and O–H groups in total. The number of ether oxygens (including phenoxy) is 1. The zero-order valence-corrected chi connectivity index (χ0v) is 8.90. The minimum atomic E-state index is 0.390. The summed E-state index contributed by atoms with van der Waals surface area (Å²) in [5.41, 5.74) is 0. The summed E-state index contributed by atoms with van der Waals surface area (Å²) in [5, 5.41) is 4.21. The highest BCUT2D eigenvalue weighted by molar-refractivity contribution is 14.1. The van der Waals surface area contributed by atoms with E-state index in [4.69, 9.17) is 4.74 Å². The summed E-state index contributed by atoms with van der Waals surface area (Å²) in [6.45, 7) is 1.83. The third-order valence-corrected chi connectivity index (χ3v) is 2.57. The molecule has 0 unspecified atom stereocenters. The summed E-state index contributed by atoms with van der Waals surface area (Å²) in [6.07, 6.45) is 6.68. The van der Waals surface area contributed by atoms with Crippen LogP contribution in [-0.2, 0) is 11.3 Å². The second kappa shape index (κ2) is 3.74. The second-order valence-electron chi connectivity index (χ2n) is 3.02. The van der Waals surface area contributed by atoms with E-state index in [9.17, 15) is 0 Å². The first-order valence-corrected chi connectivity index (χ1v) is 5.22. The first-order chi connectivity index (χ1) is 5.84.